The van der Waals surface area contributed by atoms with E-state index in [1.54, 1.807) is 20.8 Å². The number of nitrogens with one attached hydrogen (secondary N) is 2. The number of hydrogen-bond donors (Lipinski definition) is 2. The maximum absolute atomic E-state index is 14.6. The molecule has 4 nitrogen and oxygen atoms in total. The molecular formula is C19H23F3N2O2. The van der Waals surface area contributed by atoms with Crippen LogP contribution in [0.25, 0.3) is 0 Å². The van der Waals surface area contributed by atoms with Gasteiger partial charge in [0.2, 0.25) is 0 Å². The molecule has 0 bridgehead atoms. The molecule has 1 aliphatic heterocycles. The number of carbonyl (C=O) groups is 1. The first kappa shape index (κ1) is 19.9. The first-order chi connectivity index (χ1) is 12.1. The van der Waals surface area contributed by atoms with Crippen molar-refractivity contribution < 1.29 is 22.7 Å². The number of rotatable bonds is 5. The lowest BCUT2D eigenvalue weighted by Gasteiger charge is -2.24. The van der Waals surface area contributed by atoms with Gasteiger partial charge in [0.1, 0.15) is 23.1 Å². The molecule has 7 heteroatoms. The molecular weight excluding hydrogens is 345 g/mol. The lowest BCUT2D eigenvalue weighted by atomic mass is 10.0. The van der Waals surface area contributed by atoms with Crippen molar-refractivity contribution in [2.24, 2.45) is 5.92 Å². The van der Waals surface area contributed by atoms with Gasteiger partial charge in [0, 0.05) is 18.5 Å². The number of alkyl carbamates (subject to hydrolysis) is 1. The molecule has 0 saturated heterocycles. The summed E-state index contributed by atoms with van der Waals surface area (Å²) in [5.41, 5.74) is -0.294. The van der Waals surface area contributed by atoms with Crippen LogP contribution in [-0.2, 0) is 11.2 Å². The van der Waals surface area contributed by atoms with Gasteiger partial charge in [-0.2, -0.15) is 0 Å². The summed E-state index contributed by atoms with van der Waals surface area (Å²) in [4.78, 5) is 12.1. The van der Waals surface area contributed by atoms with Crippen molar-refractivity contribution in [1.29, 1.82) is 0 Å². The van der Waals surface area contributed by atoms with E-state index in [4.69, 9.17) is 4.74 Å². The van der Waals surface area contributed by atoms with Gasteiger partial charge >= 0.3 is 6.09 Å². The Hall–Kier alpha value is -2.44. The first-order valence-corrected chi connectivity index (χ1v) is 8.29. The maximum atomic E-state index is 14.6. The Morgan fingerprint density at radius 2 is 1.96 bits per heavy atom. The SMILES string of the molecule is C=C[C@H]1CNC(C(Cc2cc(F)cc(F)c2)NC(=O)OC(C)(C)C)=C1F. The lowest BCUT2D eigenvalue weighted by Crippen LogP contribution is -2.43. The molecule has 2 atom stereocenters. The van der Waals surface area contributed by atoms with Gasteiger partial charge in [0.15, 0.2) is 0 Å². The van der Waals surface area contributed by atoms with Crippen LogP contribution in [0.4, 0.5) is 18.0 Å². The molecule has 1 heterocycles. The minimum absolute atomic E-state index is 0.00641. The molecule has 0 spiro atoms. The van der Waals surface area contributed by atoms with E-state index in [9.17, 15) is 18.0 Å². The molecule has 1 amide bonds. The second-order valence-electron chi connectivity index (χ2n) is 7.17. The van der Waals surface area contributed by atoms with Gasteiger partial charge in [-0.15, -0.1) is 6.58 Å². The third kappa shape index (κ3) is 5.28. The fourth-order valence-electron chi connectivity index (χ4n) is 2.71. The van der Waals surface area contributed by atoms with Crippen molar-refractivity contribution in [3.63, 3.8) is 0 Å². The van der Waals surface area contributed by atoms with Gasteiger partial charge in [-0.3, -0.25) is 0 Å². The Balaban J connectivity index is 2.28. The Morgan fingerprint density at radius 3 is 2.46 bits per heavy atom. The Morgan fingerprint density at radius 1 is 1.35 bits per heavy atom. The highest BCUT2D eigenvalue weighted by molar-refractivity contribution is 5.68. The number of ether oxygens (including phenoxy) is 1. The van der Waals surface area contributed by atoms with Crippen LogP contribution in [0.3, 0.4) is 0 Å². The Kier molecular flexibility index (Phi) is 6.00. The standard InChI is InChI=1S/C19H23F3N2O2/c1-5-12-10-23-17(16(12)22)15(24-18(25)26-19(2,3)4)8-11-6-13(20)9-14(21)7-11/h5-7,9,12,15,23H,1,8,10H2,2-4H3,(H,24,25)/t12-,15?/m0/s1. The first-order valence-electron chi connectivity index (χ1n) is 8.29. The van der Waals surface area contributed by atoms with Crippen molar-refractivity contribution in [3.8, 4) is 0 Å². The van der Waals surface area contributed by atoms with Crippen LogP contribution in [0, 0.1) is 17.6 Å². The number of amides is 1. The second-order valence-corrected chi connectivity index (χ2v) is 7.17. The minimum Gasteiger partial charge on any atom is -0.444 e. The van der Waals surface area contributed by atoms with Crippen molar-refractivity contribution in [2.75, 3.05) is 6.54 Å². The monoisotopic (exact) mass is 368 g/mol. The molecule has 0 aromatic heterocycles. The van der Waals surface area contributed by atoms with Crippen molar-refractivity contribution >= 4 is 6.09 Å². The number of benzene rings is 1. The zero-order chi connectivity index (χ0) is 19.5. The summed E-state index contributed by atoms with van der Waals surface area (Å²) in [7, 11) is 0. The van der Waals surface area contributed by atoms with E-state index in [1.807, 2.05) is 0 Å². The third-order valence-corrected chi connectivity index (χ3v) is 3.78. The molecule has 1 unspecified atom stereocenters. The van der Waals surface area contributed by atoms with E-state index >= 15 is 0 Å². The van der Waals surface area contributed by atoms with Gasteiger partial charge in [0.05, 0.1) is 11.7 Å². The molecule has 26 heavy (non-hydrogen) atoms. The molecule has 0 radical (unpaired) electrons. The molecule has 2 N–H and O–H groups in total. The zero-order valence-corrected chi connectivity index (χ0v) is 15.0. The van der Waals surface area contributed by atoms with Crippen LogP contribution in [-0.4, -0.2) is 24.3 Å². The Bertz CT molecular complexity index is 706. The smallest absolute Gasteiger partial charge is 0.408 e. The van der Waals surface area contributed by atoms with E-state index in [1.165, 1.54) is 6.08 Å². The summed E-state index contributed by atoms with van der Waals surface area (Å²) >= 11 is 0. The number of hydrogen-bond acceptors (Lipinski definition) is 3. The fourth-order valence-corrected chi connectivity index (χ4v) is 2.71. The van der Waals surface area contributed by atoms with Crippen LogP contribution >= 0.6 is 0 Å². The quantitative estimate of drug-likeness (QED) is 0.773. The summed E-state index contributed by atoms with van der Waals surface area (Å²) in [5.74, 6) is -2.46. The Labute approximate surface area is 151 Å². The van der Waals surface area contributed by atoms with Crippen LogP contribution < -0.4 is 10.6 Å². The predicted molar refractivity (Wildman–Crippen MR) is 93.0 cm³/mol. The van der Waals surface area contributed by atoms with E-state index in [-0.39, 0.29) is 17.7 Å². The van der Waals surface area contributed by atoms with Crippen LogP contribution in [0.1, 0.15) is 26.3 Å². The summed E-state index contributed by atoms with van der Waals surface area (Å²) in [5, 5.41) is 5.48. The maximum Gasteiger partial charge on any atom is 0.408 e. The highest BCUT2D eigenvalue weighted by atomic mass is 19.1. The van der Waals surface area contributed by atoms with Gasteiger partial charge in [-0.25, -0.2) is 18.0 Å². The molecule has 0 fully saturated rings. The topological polar surface area (TPSA) is 50.4 Å². The average molecular weight is 368 g/mol. The van der Waals surface area contributed by atoms with E-state index in [0.717, 1.165) is 18.2 Å². The summed E-state index contributed by atoms with van der Waals surface area (Å²) in [6.45, 7) is 8.98. The predicted octanol–water partition coefficient (Wildman–Crippen LogP) is 3.99. The molecule has 0 saturated carbocycles. The van der Waals surface area contributed by atoms with Gasteiger partial charge < -0.3 is 15.4 Å². The van der Waals surface area contributed by atoms with E-state index < -0.39 is 41.1 Å². The largest absolute Gasteiger partial charge is 0.444 e. The molecule has 2 rings (SSSR count). The van der Waals surface area contributed by atoms with Gasteiger partial charge in [-0.1, -0.05) is 6.08 Å². The van der Waals surface area contributed by atoms with Crippen molar-refractivity contribution in [2.45, 2.75) is 38.8 Å². The third-order valence-electron chi connectivity index (χ3n) is 3.78. The molecule has 0 aliphatic carbocycles. The molecule has 1 aliphatic rings. The lowest BCUT2D eigenvalue weighted by molar-refractivity contribution is 0.0510. The normalized spacial score (nSPS) is 18.3. The van der Waals surface area contributed by atoms with Crippen molar-refractivity contribution in [3.05, 3.63) is 59.6 Å². The van der Waals surface area contributed by atoms with E-state index in [2.05, 4.69) is 17.2 Å². The highest BCUT2D eigenvalue weighted by Crippen LogP contribution is 2.26. The summed E-state index contributed by atoms with van der Waals surface area (Å²) in [6, 6.07) is 2.17. The second kappa shape index (κ2) is 7.85. The van der Waals surface area contributed by atoms with Gasteiger partial charge in [-0.05, 0) is 44.9 Å². The number of carbonyl (C=O) groups excluding carboxylic acids is 1. The molecule has 1 aromatic rings. The number of halogens is 3. The summed E-state index contributed by atoms with van der Waals surface area (Å²) in [6.07, 6.45) is 0.707. The fraction of sp³-hybridized carbons (Fsp3) is 0.421. The van der Waals surface area contributed by atoms with Crippen LogP contribution in [0.2, 0.25) is 0 Å². The minimum atomic E-state index is -0.865. The van der Waals surface area contributed by atoms with Crippen molar-refractivity contribution in [1.82, 2.24) is 10.6 Å². The van der Waals surface area contributed by atoms with Gasteiger partial charge in [0.25, 0.3) is 0 Å². The van der Waals surface area contributed by atoms with E-state index in [0.29, 0.717) is 6.54 Å². The average Bonchev–Trinajstić information content (AvgIpc) is 2.84. The molecule has 1 aromatic carbocycles. The zero-order valence-electron chi connectivity index (χ0n) is 15.0. The highest BCUT2D eigenvalue weighted by Gasteiger charge is 2.31. The van der Waals surface area contributed by atoms with Crippen LogP contribution in [0.5, 0.6) is 0 Å². The molecule has 142 valence electrons. The summed E-state index contributed by atoms with van der Waals surface area (Å²) < 4.78 is 46.7. The van der Waals surface area contributed by atoms with Crippen LogP contribution in [0.15, 0.2) is 42.4 Å².